The lowest BCUT2D eigenvalue weighted by atomic mass is 9.86. The first-order chi connectivity index (χ1) is 14.5. The highest BCUT2D eigenvalue weighted by Crippen LogP contribution is 2.37. The number of carbonyl (C=O) groups excluding carboxylic acids is 2. The summed E-state index contributed by atoms with van der Waals surface area (Å²) in [5, 5.41) is 0. The van der Waals surface area contributed by atoms with Crippen LogP contribution >= 0.6 is 0 Å². The highest BCUT2D eigenvalue weighted by atomic mass is 16.6. The Labute approximate surface area is 183 Å². The van der Waals surface area contributed by atoms with Gasteiger partial charge in [-0.2, -0.15) is 0 Å². The minimum atomic E-state index is -0.498. The molecule has 3 aromatic rings. The minimum absolute atomic E-state index is 0.172. The molecule has 0 N–H and O–H groups in total. The second-order valence-electron chi connectivity index (χ2n) is 8.89. The van der Waals surface area contributed by atoms with E-state index in [0.717, 1.165) is 22.3 Å². The molecule has 0 bridgehead atoms. The maximum atomic E-state index is 12.8. The first-order valence-corrected chi connectivity index (χ1v) is 10.3. The predicted octanol–water partition coefficient (Wildman–Crippen LogP) is 6.35. The summed E-state index contributed by atoms with van der Waals surface area (Å²) in [4.78, 5) is 25.6. The lowest BCUT2D eigenvalue weighted by molar-refractivity contribution is 0.0681. The Kier molecular flexibility index (Phi) is 6.30. The van der Waals surface area contributed by atoms with Gasteiger partial charge >= 0.3 is 11.9 Å². The molecule has 0 spiro atoms. The van der Waals surface area contributed by atoms with E-state index in [9.17, 15) is 9.59 Å². The Bertz CT molecular complexity index is 1140. The van der Waals surface area contributed by atoms with Crippen molar-refractivity contribution < 1.29 is 19.1 Å². The number of rotatable bonds is 4. The Morgan fingerprint density at radius 3 is 1.71 bits per heavy atom. The van der Waals surface area contributed by atoms with E-state index in [0.29, 0.717) is 11.1 Å². The predicted molar refractivity (Wildman–Crippen MR) is 122 cm³/mol. The number of esters is 2. The summed E-state index contributed by atoms with van der Waals surface area (Å²) in [6.07, 6.45) is 0. The zero-order valence-electron chi connectivity index (χ0n) is 18.9. The summed E-state index contributed by atoms with van der Waals surface area (Å²) < 4.78 is 11.5. The molecule has 0 unspecified atom stereocenters. The summed E-state index contributed by atoms with van der Waals surface area (Å²) in [6.45, 7) is 11.9. The van der Waals surface area contributed by atoms with Gasteiger partial charge in [-0.25, -0.2) is 9.59 Å². The van der Waals surface area contributed by atoms with Crippen LogP contribution in [0, 0.1) is 20.8 Å². The van der Waals surface area contributed by atoms with Gasteiger partial charge in [0.15, 0.2) is 11.5 Å². The van der Waals surface area contributed by atoms with Gasteiger partial charge in [-0.1, -0.05) is 62.2 Å². The molecule has 0 aliphatic rings. The van der Waals surface area contributed by atoms with E-state index in [1.54, 1.807) is 42.5 Å². The Morgan fingerprint density at radius 2 is 1.23 bits per heavy atom. The van der Waals surface area contributed by atoms with Gasteiger partial charge < -0.3 is 9.47 Å². The third-order valence-electron chi connectivity index (χ3n) is 5.01. The van der Waals surface area contributed by atoms with Crippen molar-refractivity contribution in [3.8, 4) is 11.5 Å². The smallest absolute Gasteiger partial charge is 0.343 e. The SMILES string of the molecule is Cc1cccc(C(=O)Oc2cc(C(C)(C)C)cc(C)c2OC(=O)c2cccc(C)c2)c1. The van der Waals surface area contributed by atoms with E-state index < -0.39 is 11.9 Å². The van der Waals surface area contributed by atoms with Crippen molar-refractivity contribution in [3.63, 3.8) is 0 Å². The quantitative estimate of drug-likeness (QED) is 0.367. The van der Waals surface area contributed by atoms with Gasteiger partial charge in [0.05, 0.1) is 11.1 Å². The van der Waals surface area contributed by atoms with Crippen molar-refractivity contribution in [1.29, 1.82) is 0 Å². The van der Waals surface area contributed by atoms with Gasteiger partial charge in [-0.3, -0.25) is 0 Å². The summed E-state index contributed by atoms with van der Waals surface area (Å²) in [5.74, 6) is -0.511. The van der Waals surface area contributed by atoms with Crippen molar-refractivity contribution in [2.75, 3.05) is 0 Å². The van der Waals surface area contributed by atoms with E-state index in [1.807, 2.05) is 39.0 Å². The number of hydrogen-bond acceptors (Lipinski definition) is 4. The largest absolute Gasteiger partial charge is 0.419 e. The summed E-state index contributed by atoms with van der Waals surface area (Å²) in [7, 11) is 0. The van der Waals surface area contributed by atoms with Crippen molar-refractivity contribution >= 4 is 11.9 Å². The van der Waals surface area contributed by atoms with Crippen LogP contribution in [0.2, 0.25) is 0 Å². The summed E-state index contributed by atoms with van der Waals surface area (Å²) in [5.41, 5.74) is 4.33. The van der Waals surface area contributed by atoms with Crippen LogP contribution in [-0.4, -0.2) is 11.9 Å². The molecule has 160 valence electrons. The number of ether oxygens (including phenoxy) is 2. The molecule has 3 rings (SSSR count). The molecule has 31 heavy (non-hydrogen) atoms. The maximum Gasteiger partial charge on any atom is 0.343 e. The van der Waals surface area contributed by atoms with E-state index >= 15 is 0 Å². The van der Waals surface area contributed by atoms with Crippen LogP contribution in [0.3, 0.4) is 0 Å². The average Bonchev–Trinajstić information content (AvgIpc) is 2.69. The molecule has 4 nitrogen and oxygen atoms in total. The Balaban J connectivity index is 2.01. The fourth-order valence-corrected chi connectivity index (χ4v) is 3.24. The second-order valence-corrected chi connectivity index (χ2v) is 8.89. The second kappa shape index (κ2) is 8.76. The van der Waals surface area contributed by atoms with Crippen LogP contribution in [0.25, 0.3) is 0 Å². The monoisotopic (exact) mass is 416 g/mol. The van der Waals surface area contributed by atoms with Gasteiger partial charge in [0.25, 0.3) is 0 Å². The van der Waals surface area contributed by atoms with Crippen LogP contribution in [-0.2, 0) is 5.41 Å². The fourth-order valence-electron chi connectivity index (χ4n) is 3.24. The molecule has 0 saturated heterocycles. The Hall–Kier alpha value is -3.40. The van der Waals surface area contributed by atoms with Crippen LogP contribution < -0.4 is 9.47 Å². The molecular formula is C27H28O4. The molecule has 0 saturated carbocycles. The van der Waals surface area contributed by atoms with E-state index in [4.69, 9.17) is 9.47 Å². The number of aryl methyl sites for hydroxylation is 3. The maximum absolute atomic E-state index is 12.8. The topological polar surface area (TPSA) is 52.6 Å². The fraction of sp³-hybridized carbons (Fsp3) is 0.259. The molecule has 0 amide bonds. The molecule has 3 aromatic carbocycles. The van der Waals surface area contributed by atoms with Crippen molar-refractivity contribution in [1.82, 2.24) is 0 Å². The van der Waals surface area contributed by atoms with Gasteiger partial charge in [0, 0.05) is 0 Å². The van der Waals surface area contributed by atoms with Gasteiger partial charge in [0.2, 0.25) is 0 Å². The normalized spacial score (nSPS) is 11.2. The lowest BCUT2D eigenvalue weighted by Crippen LogP contribution is -2.16. The molecule has 4 heteroatoms. The molecule has 0 aliphatic heterocycles. The Morgan fingerprint density at radius 1 is 0.710 bits per heavy atom. The summed E-state index contributed by atoms with van der Waals surface area (Å²) in [6, 6.07) is 18.1. The molecule has 0 atom stereocenters. The van der Waals surface area contributed by atoms with Crippen molar-refractivity contribution in [2.45, 2.75) is 47.0 Å². The molecule has 0 heterocycles. The molecule has 0 radical (unpaired) electrons. The zero-order chi connectivity index (χ0) is 22.8. The standard InChI is InChI=1S/C27H28O4/c1-17-9-7-11-20(13-17)25(28)30-23-16-22(27(4,5)6)15-19(3)24(23)31-26(29)21-12-8-10-18(2)14-21/h7-16H,1-6H3. The molecule has 0 aromatic heterocycles. The van der Waals surface area contributed by atoms with Crippen molar-refractivity contribution in [2.24, 2.45) is 0 Å². The van der Waals surface area contributed by atoms with Gasteiger partial charge in [-0.15, -0.1) is 0 Å². The average molecular weight is 417 g/mol. The van der Waals surface area contributed by atoms with E-state index in [1.165, 1.54) is 0 Å². The van der Waals surface area contributed by atoms with Crippen LogP contribution in [0.4, 0.5) is 0 Å². The number of carbonyl (C=O) groups is 2. The highest BCUT2D eigenvalue weighted by Gasteiger charge is 2.23. The first-order valence-electron chi connectivity index (χ1n) is 10.3. The van der Waals surface area contributed by atoms with Crippen LogP contribution in [0.5, 0.6) is 11.5 Å². The number of hydrogen-bond donors (Lipinski definition) is 0. The van der Waals surface area contributed by atoms with Gasteiger partial charge in [0.1, 0.15) is 0 Å². The third-order valence-corrected chi connectivity index (χ3v) is 5.01. The van der Waals surface area contributed by atoms with Crippen molar-refractivity contribution in [3.05, 3.63) is 94.0 Å². The summed E-state index contributed by atoms with van der Waals surface area (Å²) >= 11 is 0. The molecule has 0 aliphatic carbocycles. The van der Waals surface area contributed by atoms with E-state index in [-0.39, 0.29) is 16.9 Å². The zero-order valence-corrected chi connectivity index (χ0v) is 18.9. The first kappa shape index (κ1) is 22.3. The highest BCUT2D eigenvalue weighted by molar-refractivity contribution is 5.93. The van der Waals surface area contributed by atoms with Crippen LogP contribution in [0.15, 0.2) is 60.7 Å². The molecular weight excluding hydrogens is 388 g/mol. The third kappa shape index (κ3) is 5.40. The molecule has 0 fully saturated rings. The lowest BCUT2D eigenvalue weighted by Gasteiger charge is -2.22. The minimum Gasteiger partial charge on any atom is -0.419 e. The number of benzene rings is 3. The van der Waals surface area contributed by atoms with Crippen LogP contribution in [0.1, 0.15) is 63.7 Å². The van der Waals surface area contributed by atoms with E-state index in [2.05, 4.69) is 20.8 Å². The van der Waals surface area contributed by atoms with Gasteiger partial charge in [-0.05, 0) is 67.6 Å².